The van der Waals surface area contributed by atoms with E-state index in [1.807, 2.05) is 0 Å². The number of carboxylic acids is 1. The number of aryl methyl sites for hydroxylation is 1. The quantitative estimate of drug-likeness (QED) is 0.890. The summed E-state index contributed by atoms with van der Waals surface area (Å²) in [7, 11) is 3.16. The fourth-order valence-corrected chi connectivity index (χ4v) is 1.85. The maximum Gasteiger partial charge on any atom is 0.335 e. The lowest BCUT2D eigenvalue weighted by Gasteiger charge is -2.09. The van der Waals surface area contributed by atoms with Gasteiger partial charge in [0.25, 0.3) is 0 Å². The summed E-state index contributed by atoms with van der Waals surface area (Å²) in [5, 5.41) is 8.98. The van der Waals surface area contributed by atoms with E-state index in [0.29, 0.717) is 11.3 Å². The monoisotopic (exact) mass is 262 g/mol. The molecule has 0 aliphatic heterocycles. The van der Waals surface area contributed by atoms with Crippen molar-refractivity contribution < 1.29 is 14.6 Å². The van der Waals surface area contributed by atoms with Crippen molar-refractivity contribution in [3.05, 3.63) is 52.2 Å². The van der Waals surface area contributed by atoms with Gasteiger partial charge < -0.3 is 14.4 Å². The zero-order valence-corrected chi connectivity index (χ0v) is 10.7. The summed E-state index contributed by atoms with van der Waals surface area (Å²) >= 11 is 0. The number of carbonyl (C=O) groups is 1. The topological polar surface area (TPSA) is 73.5 Å². The van der Waals surface area contributed by atoms with Gasteiger partial charge in [0.15, 0.2) is 0 Å². The van der Waals surface area contributed by atoms with Crippen LogP contribution in [0.25, 0.3) is 0 Å². The number of aromatic nitrogens is 2. The van der Waals surface area contributed by atoms with Gasteiger partial charge in [0, 0.05) is 25.0 Å². The molecule has 0 saturated carbocycles. The Balaban J connectivity index is 2.43. The van der Waals surface area contributed by atoms with Crippen LogP contribution in [-0.2, 0) is 13.6 Å². The van der Waals surface area contributed by atoms with Crippen molar-refractivity contribution in [3.8, 4) is 5.75 Å². The van der Waals surface area contributed by atoms with Crippen LogP contribution in [-0.4, -0.2) is 27.3 Å². The first kappa shape index (κ1) is 12.9. The van der Waals surface area contributed by atoms with Crippen LogP contribution in [0.2, 0.25) is 0 Å². The van der Waals surface area contributed by atoms with Gasteiger partial charge >= 0.3 is 11.7 Å². The molecule has 0 bridgehead atoms. The van der Waals surface area contributed by atoms with Gasteiger partial charge in [-0.2, -0.15) is 0 Å². The maximum absolute atomic E-state index is 11.8. The third kappa shape index (κ3) is 2.52. The average Bonchev–Trinajstić information content (AvgIpc) is 2.70. The molecular formula is C13H14N2O4. The van der Waals surface area contributed by atoms with Crippen molar-refractivity contribution in [2.24, 2.45) is 7.05 Å². The Kier molecular flexibility index (Phi) is 3.41. The Morgan fingerprint density at radius 2 is 2.11 bits per heavy atom. The largest absolute Gasteiger partial charge is 0.496 e. The second-order valence-electron chi connectivity index (χ2n) is 4.15. The second kappa shape index (κ2) is 5.01. The Labute approximate surface area is 109 Å². The lowest BCUT2D eigenvalue weighted by molar-refractivity contribution is 0.0696. The van der Waals surface area contributed by atoms with Crippen molar-refractivity contribution in [1.29, 1.82) is 0 Å². The molecule has 0 aliphatic carbocycles. The predicted octanol–water partition coefficient (Wildman–Crippen LogP) is 0.942. The van der Waals surface area contributed by atoms with E-state index >= 15 is 0 Å². The number of rotatable bonds is 4. The molecule has 100 valence electrons. The van der Waals surface area contributed by atoms with E-state index in [-0.39, 0.29) is 17.8 Å². The van der Waals surface area contributed by atoms with Crippen LogP contribution < -0.4 is 10.4 Å². The molecule has 1 aromatic carbocycles. The normalized spacial score (nSPS) is 10.4. The third-order valence-corrected chi connectivity index (χ3v) is 2.89. The molecule has 6 nitrogen and oxygen atoms in total. The first-order chi connectivity index (χ1) is 9.02. The number of benzene rings is 1. The van der Waals surface area contributed by atoms with Gasteiger partial charge in [-0.3, -0.25) is 4.57 Å². The van der Waals surface area contributed by atoms with Crippen LogP contribution in [0.3, 0.4) is 0 Å². The van der Waals surface area contributed by atoms with Crippen LogP contribution in [0.4, 0.5) is 0 Å². The molecule has 1 heterocycles. The van der Waals surface area contributed by atoms with Crippen molar-refractivity contribution in [1.82, 2.24) is 9.13 Å². The van der Waals surface area contributed by atoms with Gasteiger partial charge in [0.05, 0.1) is 19.2 Å². The van der Waals surface area contributed by atoms with Gasteiger partial charge in [-0.05, 0) is 18.2 Å². The molecule has 2 rings (SSSR count). The predicted molar refractivity (Wildman–Crippen MR) is 68.7 cm³/mol. The minimum atomic E-state index is -1.01. The highest BCUT2D eigenvalue weighted by atomic mass is 16.5. The molecule has 0 unspecified atom stereocenters. The summed E-state index contributed by atoms with van der Waals surface area (Å²) < 4.78 is 8.13. The van der Waals surface area contributed by atoms with E-state index in [9.17, 15) is 9.59 Å². The number of nitrogens with zero attached hydrogens (tertiary/aromatic N) is 2. The Morgan fingerprint density at radius 3 is 2.63 bits per heavy atom. The fourth-order valence-electron chi connectivity index (χ4n) is 1.85. The van der Waals surface area contributed by atoms with Gasteiger partial charge in [-0.15, -0.1) is 0 Å². The van der Waals surface area contributed by atoms with Crippen molar-refractivity contribution >= 4 is 5.97 Å². The standard InChI is InChI=1S/C13H14N2O4/c1-14-5-6-15(13(14)18)8-10-7-9(12(16)17)3-4-11(10)19-2/h3-7H,8H2,1-2H3,(H,16,17). The Hall–Kier alpha value is -2.50. The molecule has 6 heteroatoms. The summed E-state index contributed by atoms with van der Waals surface area (Å²) in [6, 6.07) is 4.58. The highest BCUT2D eigenvalue weighted by molar-refractivity contribution is 5.88. The molecule has 0 spiro atoms. The summed E-state index contributed by atoms with van der Waals surface area (Å²) in [5.74, 6) is -0.454. The highest BCUT2D eigenvalue weighted by Gasteiger charge is 2.10. The lowest BCUT2D eigenvalue weighted by atomic mass is 10.1. The number of methoxy groups -OCH3 is 1. The SMILES string of the molecule is COc1ccc(C(=O)O)cc1Cn1ccn(C)c1=O. The highest BCUT2D eigenvalue weighted by Crippen LogP contribution is 2.20. The molecule has 2 aromatic rings. The molecule has 19 heavy (non-hydrogen) atoms. The van der Waals surface area contributed by atoms with Crippen molar-refractivity contribution in [2.75, 3.05) is 7.11 Å². The average molecular weight is 262 g/mol. The molecule has 0 fully saturated rings. The van der Waals surface area contributed by atoms with E-state index in [4.69, 9.17) is 9.84 Å². The van der Waals surface area contributed by atoms with Crippen molar-refractivity contribution in [3.63, 3.8) is 0 Å². The van der Waals surface area contributed by atoms with E-state index in [1.165, 1.54) is 28.4 Å². The molecule has 0 aliphatic rings. The number of aromatic carboxylic acids is 1. The lowest BCUT2D eigenvalue weighted by Crippen LogP contribution is -2.22. The minimum Gasteiger partial charge on any atom is -0.496 e. The number of imidazole rings is 1. The summed E-state index contributed by atoms with van der Waals surface area (Å²) in [6.07, 6.45) is 3.30. The summed E-state index contributed by atoms with van der Waals surface area (Å²) in [6.45, 7) is 0.268. The fraction of sp³-hybridized carbons (Fsp3) is 0.231. The molecular weight excluding hydrogens is 248 g/mol. The molecule has 0 amide bonds. The summed E-state index contributed by atoms with van der Waals surface area (Å²) in [4.78, 5) is 22.7. The third-order valence-electron chi connectivity index (χ3n) is 2.89. The maximum atomic E-state index is 11.8. The van der Waals surface area contributed by atoms with Crippen molar-refractivity contribution in [2.45, 2.75) is 6.54 Å². The number of ether oxygens (including phenoxy) is 1. The zero-order valence-electron chi connectivity index (χ0n) is 10.7. The van der Waals surface area contributed by atoms with Gasteiger partial charge in [0.1, 0.15) is 5.75 Å². The van der Waals surface area contributed by atoms with Gasteiger partial charge in [-0.25, -0.2) is 9.59 Å². The van der Waals surface area contributed by atoms with Crippen LogP contribution >= 0.6 is 0 Å². The van der Waals surface area contributed by atoms with Gasteiger partial charge in [-0.1, -0.05) is 0 Å². The van der Waals surface area contributed by atoms with Crippen LogP contribution in [0.5, 0.6) is 5.75 Å². The number of carboxylic acid groups (broad SMARTS) is 1. The van der Waals surface area contributed by atoms with Gasteiger partial charge in [0.2, 0.25) is 0 Å². The molecule has 1 N–H and O–H groups in total. The molecule has 1 aromatic heterocycles. The first-order valence-corrected chi connectivity index (χ1v) is 5.65. The molecule has 0 atom stereocenters. The van der Waals surface area contributed by atoms with E-state index in [2.05, 4.69) is 0 Å². The molecule has 0 radical (unpaired) electrons. The second-order valence-corrected chi connectivity index (χ2v) is 4.15. The van der Waals surface area contributed by atoms with E-state index < -0.39 is 5.97 Å². The molecule has 0 saturated heterocycles. The van der Waals surface area contributed by atoms with E-state index in [1.54, 1.807) is 25.5 Å². The minimum absolute atomic E-state index is 0.164. The number of hydrogen-bond donors (Lipinski definition) is 1. The van der Waals surface area contributed by atoms with Crippen LogP contribution in [0, 0.1) is 0 Å². The smallest absolute Gasteiger partial charge is 0.335 e. The van der Waals surface area contributed by atoms with E-state index in [0.717, 1.165) is 0 Å². The van der Waals surface area contributed by atoms with Crippen LogP contribution in [0.15, 0.2) is 35.4 Å². The summed E-state index contributed by atoms with van der Waals surface area (Å²) in [5.41, 5.74) is 0.651. The van der Waals surface area contributed by atoms with Crippen LogP contribution in [0.1, 0.15) is 15.9 Å². The Morgan fingerprint density at radius 1 is 1.37 bits per heavy atom. The first-order valence-electron chi connectivity index (χ1n) is 5.65. The Bertz CT molecular complexity index is 670. The zero-order chi connectivity index (χ0) is 14.0. The number of hydrogen-bond acceptors (Lipinski definition) is 3.